The summed E-state index contributed by atoms with van der Waals surface area (Å²) in [5.41, 5.74) is 1.30. The molecule has 7 heteroatoms. The summed E-state index contributed by atoms with van der Waals surface area (Å²) in [7, 11) is -3.56. The molecule has 24 heavy (non-hydrogen) atoms. The number of hydrogen-bond donors (Lipinski definition) is 1. The van der Waals surface area contributed by atoms with Crippen molar-refractivity contribution in [2.24, 2.45) is 5.92 Å². The van der Waals surface area contributed by atoms with Gasteiger partial charge in [0.25, 0.3) is 10.0 Å². The molecular weight excluding hydrogens is 326 g/mol. The second-order valence-electron chi connectivity index (χ2n) is 5.87. The van der Waals surface area contributed by atoms with E-state index in [4.69, 9.17) is 4.74 Å². The second kappa shape index (κ2) is 7.63. The number of nitrogens with one attached hydrogen (secondary N) is 1. The molecule has 1 fully saturated rings. The van der Waals surface area contributed by atoms with Crippen LogP contribution in [0.4, 0.5) is 5.69 Å². The topological polar surface area (TPSA) is 73.2 Å². The number of anilines is 1. The van der Waals surface area contributed by atoms with Crippen molar-refractivity contribution in [2.45, 2.75) is 19.4 Å². The predicted molar refractivity (Wildman–Crippen MR) is 93.8 cm³/mol. The van der Waals surface area contributed by atoms with Crippen molar-refractivity contribution in [3.63, 3.8) is 0 Å². The Balaban J connectivity index is 1.59. The highest BCUT2D eigenvalue weighted by Gasteiger charge is 2.15. The number of benzene rings is 1. The smallest absolute Gasteiger partial charge is 0.255 e. The molecule has 6 nitrogen and oxygen atoms in total. The van der Waals surface area contributed by atoms with Crippen LogP contribution in [0.15, 0.2) is 48.1 Å². The predicted octanol–water partition coefficient (Wildman–Crippen LogP) is 2.72. The molecule has 2 heterocycles. The van der Waals surface area contributed by atoms with Crippen LogP contribution >= 0.6 is 0 Å². The van der Waals surface area contributed by atoms with E-state index in [9.17, 15) is 8.42 Å². The number of hydrogen-bond acceptors (Lipinski definition) is 4. The van der Waals surface area contributed by atoms with E-state index < -0.39 is 10.0 Å². The van der Waals surface area contributed by atoms with Gasteiger partial charge in [-0.15, -0.1) is 0 Å². The van der Waals surface area contributed by atoms with E-state index in [1.54, 1.807) is 17.0 Å². The quantitative estimate of drug-likeness (QED) is 0.872. The summed E-state index contributed by atoms with van der Waals surface area (Å²) in [6, 6.07) is 9.30. The number of nitrogens with zero attached hydrogens (tertiary/aromatic N) is 2. The summed E-state index contributed by atoms with van der Waals surface area (Å²) in [4.78, 5) is 0. The van der Waals surface area contributed by atoms with E-state index in [1.165, 1.54) is 6.20 Å². The maximum Gasteiger partial charge on any atom is 0.255 e. The molecule has 1 aromatic carbocycles. The van der Waals surface area contributed by atoms with E-state index >= 15 is 0 Å². The highest BCUT2D eigenvalue weighted by atomic mass is 32.2. The zero-order valence-corrected chi connectivity index (χ0v) is 14.2. The SMILES string of the molecule is O=S(=O)(C=Cc1ccccc1)Nc1cnn(CC2CCOCC2)c1. The van der Waals surface area contributed by atoms with Crippen molar-refractivity contribution in [3.05, 3.63) is 53.7 Å². The minimum absolute atomic E-state index is 0.472. The van der Waals surface area contributed by atoms with Crippen LogP contribution in [0.2, 0.25) is 0 Å². The number of ether oxygens (including phenoxy) is 1. The minimum Gasteiger partial charge on any atom is -0.381 e. The Morgan fingerprint density at radius 2 is 2.00 bits per heavy atom. The van der Waals surface area contributed by atoms with Crippen molar-refractivity contribution in [2.75, 3.05) is 17.9 Å². The molecule has 0 saturated carbocycles. The van der Waals surface area contributed by atoms with Crippen molar-refractivity contribution >= 4 is 21.8 Å². The van der Waals surface area contributed by atoms with E-state index in [0.29, 0.717) is 11.6 Å². The standard InChI is InChI=1S/C17H21N3O3S/c21-24(22,11-8-15-4-2-1-3-5-15)19-17-12-18-20(14-17)13-16-6-9-23-10-7-16/h1-5,8,11-12,14,16,19H,6-7,9-10,13H2. The first-order valence-electron chi connectivity index (χ1n) is 7.97. The van der Waals surface area contributed by atoms with Gasteiger partial charge in [-0.2, -0.15) is 5.10 Å². The Bertz CT molecular complexity index is 778. The lowest BCUT2D eigenvalue weighted by Gasteiger charge is -2.21. The van der Waals surface area contributed by atoms with E-state index in [-0.39, 0.29) is 0 Å². The summed E-state index contributed by atoms with van der Waals surface area (Å²) in [5.74, 6) is 0.529. The van der Waals surface area contributed by atoms with Crippen molar-refractivity contribution in [3.8, 4) is 0 Å². The van der Waals surface area contributed by atoms with Gasteiger partial charge in [0, 0.05) is 26.0 Å². The molecule has 2 aromatic rings. The van der Waals surface area contributed by atoms with Crippen LogP contribution in [0.25, 0.3) is 6.08 Å². The van der Waals surface area contributed by atoms with Gasteiger partial charge in [0.05, 0.1) is 17.3 Å². The minimum atomic E-state index is -3.56. The molecule has 1 aromatic heterocycles. The summed E-state index contributed by atoms with van der Waals surface area (Å²) in [5, 5.41) is 5.40. The molecule has 0 bridgehead atoms. The largest absolute Gasteiger partial charge is 0.381 e. The number of rotatable bonds is 6. The fourth-order valence-corrected chi connectivity index (χ4v) is 3.48. The lowest BCUT2D eigenvalue weighted by molar-refractivity contribution is 0.0601. The molecule has 0 amide bonds. The molecule has 1 saturated heterocycles. The maximum atomic E-state index is 12.1. The van der Waals surface area contributed by atoms with Crippen LogP contribution < -0.4 is 4.72 Å². The van der Waals surface area contributed by atoms with Crippen LogP contribution in [0.1, 0.15) is 18.4 Å². The lowest BCUT2D eigenvalue weighted by atomic mass is 10.0. The first-order valence-corrected chi connectivity index (χ1v) is 9.51. The van der Waals surface area contributed by atoms with Crippen molar-refractivity contribution < 1.29 is 13.2 Å². The average Bonchev–Trinajstić information content (AvgIpc) is 3.01. The highest BCUT2D eigenvalue weighted by Crippen LogP contribution is 2.18. The first-order chi connectivity index (χ1) is 11.6. The maximum absolute atomic E-state index is 12.1. The molecule has 0 radical (unpaired) electrons. The van der Waals surface area contributed by atoms with Crippen LogP contribution in [-0.2, 0) is 21.3 Å². The van der Waals surface area contributed by atoms with E-state index in [2.05, 4.69) is 9.82 Å². The van der Waals surface area contributed by atoms with Gasteiger partial charge in [-0.05, 0) is 30.4 Å². The van der Waals surface area contributed by atoms with Gasteiger partial charge in [-0.3, -0.25) is 9.40 Å². The Hall–Kier alpha value is -2.12. The molecule has 0 unspecified atom stereocenters. The molecule has 3 rings (SSSR count). The van der Waals surface area contributed by atoms with Crippen LogP contribution in [0.5, 0.6) is 0 Å². The summed E-state index contributed by atoms with van der Waals surface area (Å²) >= 11 is 0. The summed E-state index contributed by atoms with van der Waals surface area (Å²) < 4.78 is 33.9. The fraction of sp³-hybridized carbons (Fsp3) is 0.353. The summed E-state index contributed by atoms with van der Waals surface area (Å²) in [6.07, 6.45) is 6.85. The number of sulfonamides is 1. The van der Waals surface area contributed by atoms with Gasteiger partial charge < -0.3 is 4.74 Å². The lowest BCUT2D eigenvalue weighted by Crippen LogP contribution is -2.20. The third kappa shape index (κ3) is 4.94. The van der Waals surface area contributed by atoms with Gasteiger partial charge in [-0.1, -0.05) is 30.3 Å². The van der Waals surface area contributed by atoms with Crippen LogP contribution in [0.3, 0.4) is 0 Å². The van der Waals surface area contributed by atoms with Gasteiger partial charge in [0.2, 0.25) is 0 Å². The molecular formula is C17H21N3O3S. The zero-order valence-electron chi connectivity index (χ0n) is 13.3. The molecule has 128 valence electrons. The molecule has 0 aliphatic carbocycles. The summed E-state index contributed by atoms with van der Waals surface area (Å²) in [6.45, 7) is 2.36. The van der Waals surface area contributed by atoms with Gasteiger partial charge in [0.1, 0.15) is 0 Å². The third-order valence-corrected chi connectivity index (χ3v) is 4.93. The fourth-order valence-electron chi connectivity index (χ4n) is 2.64. The molecule has 1 aliphatic heterocycles. The van der Waals surface area contributed by atoms with Crippen LogP contribution in [-0.4, -0.2) is 31.4 Å². The third-order valence-electron chi connectivity index (χ3n) is 3.92. The molecule has 1 aliphatic rings. The van der Waals surface area contributed by atoms with E-state index in [1.807, 2.05) is 30.3 Å². The average molecular weight is 347 g/mol. The first kappa shape index (κ1) is 16.7. The van der Waals surface area contributed by atoms with Gasteiger partial charge in [0.15, 0.2) is 0 Å². The van der Waals surface area contributed by atoms with Crippen LogP contribution in [0, 0.1) is 5.92 Å². The Labute approximate surface area is 142 Å². The number of aromatic nitrogens is 2. The Kier molecular flexibility index (Phi) is 5.32. The van der Waals surface area contributed by atoms with Crippen molar-refractivity contribution in [1.82, 2.24) is 9.78 Å². The molecule has 1 N–H and O–H groups in total. The Morgan fingerprint density at radius 1 is 1.25 bits per heavy atom. The highest BCUT2D eigenvalue weighted by molar-refractivity contribution is 7.95. The van der Waals surface area contributed by atoms with Crippen molar-refractivity contribution in [1.29, 1.82) is 0 Å². The normalized spacial score (nSPS) is 16.5. The zero-order chi connectivity index (χ0) is 16.8. The second-order valence-corrected chi connectivity index (χ2v) is 7.43. The molecule has 0 spiro atoms. The molecule has 0 atom stereocenters. The van der Waals surface area contributed by atoms with E-state index in [0.717, 1.165) is 43.6 Å². The van der Waals surface area contributed by atoms with Gasteiger partial charge >= 0.3 is 0 Å². The van der Waals surface area contributed by atoms with Gasteiger partial charge in [-0.25, -0.2) is 8.42 Å². The monoisotopic (exact) mass is 347 g/mol. The Morgan fingerprint density at radius 3 is 2.75 bits per heavy atom.